The quantitative estimate of drug-likeness (QED) is 0.910. The van der Waals surface area contributed by atoms with E-state index in [1.807, 2.05) is 13.2 Å². The second-order valence-corrected chi connectivity index (χ2v) is 5.44. The molecule has 1 aromatic heterocycles. The molecule has 3 nitrogen and oxygen atoms in total. The molecule has 102 valence electrons. The number of aryl methyl sites for hydroxylation is 2. The average Bonchev–Trinajstić information content (AvgIpc) is 2.73. The molecule has 0 atom stereocenters. The number of benzene rings is 1. The van der Waals surface area contributed by atoms with Crippen LogP contribution in [0, 0.1) is 13.8 Å². The van der Waals surface area contributed by atoms with E-state index in [-0.39, 0.29) is 0 Å². The van der Waals surface area contributed by atoms with Crippen LogP contribution in [0.5, 0.6) is 0 Å². The third kappa shape index (κ3) is 2.71. The maximum atomic E-state index is 4.59. The molecule has 2 rings (SSSR count). The fourth-order valence-electron chi connectivity index (χ4n) is 2.57. The maximum Gasteiger partial charge on any atom is 0.0678 e. The van der Waals surface area contributed by atoms with Gasteiger partial charge in [0.2, 0.25) is 0 Å². The molecule has 1 aromatic carbocycles. The number of rotatable bonds is 4. The highest BCUT2D eigenvalue weighted by molar-refractivity contribution is 5.44. The summed E-state index contributed by atoms with van der Waals surface area (Å²) in [5.41, 5.74) is 6.30. The normalized spacial score (nSPS) is 11.3. The van der Waals surface area contributed by atoms with E-state index < -0.39 is 0 Å². The number of hydrogen-bond donors (Lipinski definition) is 1. The highest BCUT2D eigenvalue weighted by atomic mass is 15.3. The Morgan fingerprint density at radius 1 is 1.26 bits per heavy atom. The topological polar surface area (TPSA) is 29.9 Å². The second kappa shape index (κ2) is 5.57. The zero-order chi connectivity index (χ0) is 14.0. The van der Waals surface area contributed by atoms with Gasteiger partial charge in [-0.15, -0.1) is 0 Å². The zero-order valence-electron chi connectivity index (χ0n) is 12.5. The van der Waals surface area contributed by atoms with Crippen molar-refractivity contribution in [3.8, 4) is 5.69 Å². The van der Waals surface area contributed by atoms with Gasteiger partial charge in [0.25, 0.3) is 0 Å². The Kier molecular flexibility index (Phi) is 4.05. The minimum atomic E-state index is 0.451. The van der Waals surface area contributed by atoms with Gasteiger partial charge < -0.3 is 5.32 Å². The van der Waals surface area contributed by atoms with Gasteiger partial charge >= 0.3 is 0 Å². The summed E-state index contributed by atoms with van der Waals surface area (Å²) < 4.78 is 2.09. The summed E-state index contributed by atoms with van der Waals surface area (Å²) in [7, 11) is 1.97. The third-order valence-corrected chi connectivity index (χ3v) is 3.38. The van der Waals surface area contributed by atoms with Gasteiger partial charge in [0.15, 0.2) is 0 Å². The molecule has 0 saturated heterocycles. The first-order chi connectivity index (χ1) is 9.04. The fraction of sp³-hybridized carbons (Fsp3) is 0.438. The molecule has 0 unspecified atom stereocenters. The first-order valence-corrected chi connectivity index (χ1v) is 6.83. The smallest absolute Gasteiger partial charge is 0.0678 e. The number of nitrogens with zero attached hydrogens (tertiary/aromatic N) is 2. The van der Waals surface area contributed by atoms with Crippen molar-refractivity contribution >= 4 is 0 Å². The summed E-state index contributed by atoms with van der Waals surface area (Å²) in [5.74, 6) is 0.451. The molecule has 3 heteroatoms. The Morgan fingerprint density at radius 2 is 2.00 bits per heavy atom. The Labute approximate surface area is 115 Å². The van der Waals surface area contributed by atoms with Crippen LogP contribution in [-0.2, 0) is 6.54 Å². The molecule has 19 heavy (non-hydrogen) atoms. The Morgan fingerprint density at radius 3 is 2.58 bits per heavy atom. The molecule has 1 N–H and O–H groups in total. The van der Waals surface area contributed by atoms with Crippen molar-refractivity contribution in [2.75, 3.05) is 7.05 Å². The molecule has 0 aliphatic heterocycles. The lowest BCUT2D eigenvalue weighted by Crippen LogP contribution is -2.11. The predicted octanol–water partition coefficient (Wildman–Crippen LogP) is 3.33. The monoisotopic (exact) mass is 257 g/mol. The maximum absolute atomic E-state index is 4.59. The van der Waals surface area contributed by atoms with Gasteiger partial charge in [0.05, 0.1) is 17.6 Å². The SMILES string of the molecule is CNCc1cnn(-c2ccc(C)cc2C)c1C(C)C. The lowest BCUT2D eigenvalue weighted by molar-refractivity contribution is 0.711. The second-order valence-electron chi connectivity index (χ2n) is 5.44. The summed E-state index contributed by atoms with van der Waals surface area (Å²) >= 11 is 0. The minimum absolute atomic E-state index is 0.451. The van der Waals surface area contributed by atoms with Crippen LogP contribution >= 0.6 is 0 Å². The molecule has 0 radical (unpaired) electrons. The molecular formula is C16H23N3. The van der Waals surface area contributed by atoms with E-state index in [0.717, 1.165) is 6.54 Å². The number of aromatic nitrogens is 2. The van der Waals surface area contributed by atoms with Gasteiger partial charge in [0, 0.05) is 12.1 Å². The summed E-state index contributed by atoms with van der Waals surface area (Å²) in [6.45, 7) is 9.56. The van der Waals surface area contributed by atoms with E-state index in [2.05, 4.69) is 61.0 Å². The van der Waals surface area contributed by atoms with Crippen LogP contribution in [0.15, 0.2) is 24.4 Å². The first kappa shape index (κ1) is 13.8. The van der Waals surface area contributed by atoms with E-state index in [9.17, 15) is 0 Å². The van der Waals surface area contributed by atoms with Gasteiger partial charge in [-0.25, -0.2) is 4.68 Å². The Balaban J connectivity index is 2.55. The van der Waals surface area contributed by atoms with Crippen LogP contribution in [-0.4, -0.2) is 16.8 Å². The highest BCUT2D eigenvalue weighted by Crippen LogP contribution is 2.25. The third-order valence-electron chi connectivity index (χ3n) is 3.38. The van der Waals surface area contributed by atoms with Crippen molar-refractivity contribution in [3.63, 3.8) is 0 Å². The Bertz CT molecular complexity index is 567. The zero-order valence-corrected chi connectivity index (χ0v) is 12.5. The van der Waals surface area contributed by atoms with Crippen molar-refractivity contribution in [1.29, 1.82) is 0 Å². The summed E-state index contributed by atoms with van der Waals surface area (Å²) in [6, 6.07) is 6.51. The van der Waals surface area contributed by atoms with Crippen molar-refractivity contribution in [1.82, 2.24) is 15.1 Å². The predicted molar refractivity (Wildman–Crippen MR) is 79.9 cm³/mol. The highest BCUT2D eigenvalue weighted by Gasteiger charge is 2.16. The molecule has 0 aliphatic carbocycles. The number of hydrogen-bond acceptors (Lipinski definition) is 2. The molecular weight excluding hydrogens is 234 g/mol. The van der Waals surface area contributed by atoms with Gasteiger partial charge in [-0.05, 0) is 38.4 Å². The van der Waals surface area contributed by atoms with Gasteiger partial charge in [0.1, 0.15) is 0 Å². The van der Waals surface area contributed by atoms with E-state index in [0.29, 0.717) is 5.92 Å². The number of nitrogens with one attached hydrogen (secondary N) is 1. The summed E-state index contributed by atoms with van der Waals surface area (Å²) in [4.78, 5) is 0. The van der Waals surface area contributed by atoms with Crippen molar-refractivity contribution in [2.45, 2.75) is 40.2 Å². The molecule has 1 heterocycles. The van der Waals surface area contributed by atoms with E-state index in [1.54, 1.807) is 0 Å². The Hall–Kier alpha value is -1.61. The average molecular weight is 257 g/mol. The van der Waals surface area contributed by atoms with E-state index >= 15 is 0 Å². The fourth-order valence-corrected chi connectivity index (χ4v) is 2.57. The summed E-state index contributed by atoms with van der Waals surface area (Å²) in [5, 5.41) is 7.81. The van der Waals surface area contributed by atoms with Crippen LogP contribution < -0.4 is 5.32 Å². The van der Waals surface area contributed by atoms with Gasteiger partial charge in [-0.1, -0.05) is 31.5 Å². The first-order valence-electron chi connectivity index (χ1n) is 6.83. The van der Waals surface area contributed by atoms with Crippen molar-refractivity contribution < 1.29 is 0 Å². The molecule has 0 fully saturated rings. The van der Waals surface area contributed by atoms with Gasteiger partial charge in [-0.2, -0.15) is 5.10 Å². The molecule has 0 spiro atoms. The van der Waals surface area contributed by atoms with Crippen LogP contribution in [0.2, 0.25) is 0 Å². The molecule has 0 saturated carbocycles. The lowest BCUT2D eigenvalue weighted by Gasteiger charge is -2.15. The van der Waals surface area contributed by atoms with Crippen LogP contribution in [0.4, 0.5) is 0 Å². The van der Waals surface area contributed by atoms with Crippen LogP contribution in [0.25, 0.3) is 5.69 Å². The molecule has 2 aromatic rings. The molecule has 0 aliphatic rings. The molecule has 0 bridgehead atoms. The lowest BCUT2D eigenvalue weighted by atomic mass is 10.0. The largest absolute Gasteiger partial charge is 0.316 e. The minimum Gasteiger partial charge on any atom is -0.316 e. The van der Waals surface area contributed by atoms with Crippen molar-refractivity contribution in [2.24, 2.45) is 0 Å². The van der Waals surface area contributed by atoms with E-state index in [1.165, 1.54) is 28.1 Å². The van der Waals surface area contributed by atoms with Crippen molar-refractivity contribution in [3.05, 3.63) is 46.8 Å². The van der Waals surface area contributed by atoms with Crippen LogP contribution in [0.3, 0.4) is 0 Å². The van der Waals surface area contributed by atoms with E-state index in [4.69, 9.17) is 0 Å². The van der Waals surface area contributed by atoms with Crippen LogP contribution in [0.1, 0.15) is 42.1 Å². The molecule has 0 amide bonds. The summed E-state index contributed by atoms with van der Waals surface area (Å²) in [6.07, 6.45) is 1.98. The standard InChI is InChI=1S/C16H23N3/c1-11(2)16-14(9-17-5)10-18-19(16)15-7-6-12(3)8-13(15)4/h6-8,10-11,17H,9H2,1-5H3. The van der Waals surface area contributed by atoms with Gasteiger partial charge in [-0.3, -0.25) is 0 Å².